The fourth-order valence-corrected chi connectivity index (χ4v) is 4.13. The number of carbonyl (C=O) groups excluding carboxylic acids is 1. The van der Waals surface area contributed by atoms with Gasteiger partial charge in [-0.05, 0) is 54.2 Å². The van der Waals surface area contributed by atoms with Crippen molar-refractivity contribution in [2.45, 2.75) is 44.8 Å². The Kier molecular flexibility index (Phi) is 10.3. The molecule has 3 N–H and O–H groups in total. The van der Waals surface area contributed by atoms with E-state index in [-0.39, 0.29) is 23.3 Å². The zero-order chi connectivity index (χ0) is 30.3. The van der Waals surface area contributed by atoms with Crippen LogP contribution in [0.4, 0.5) is 23.2 Å². The highest BCUT2D eigenvalue weighted by Gasteiger charge is 2.39. The van der Waals surface area contributed by atoms with E-state index in [0.29, 0.717) is 23.2 Å². The van der Waals surface area contributed by atoms with Gasteiger partial charge in [-0.25, -0.2) is 9.38 Å². The van der Waals surface area contributed by atoms with Crippen molar-refractivity contribution in [3.05, 3.63) is 101 Å². The van der Waals surface area contributed by atoms with Gasteiger partial charge in [0.2, 0.25) is 5.96 Å². The Bertz CT molecular complexity index is 1470. The molecule has 3 rings (SSSR count). The van der Waals surface area contributed by atoms with Crippen molar-refractivity contribution >= 4 is 29.2 Å². The molecule has 7 nitrogen and oxygen atoms in total. The molecule has 2 unspecified atom stereocenters. The lowest BCUT2D eigenvalue weighted by Gasteiger charge is -2.21. The maximum absolute atomic E-state index is 14.1. The van der Waals surface area contributed by atoms with E-state index in [1.165, 1.54) is 19.2 Å². The molecule has 0 radical (unpaired) electrons. The fourth-order valence-electron chi connectivity index (χ4n) is 3.95. The molecule has 2 aromatic carbocycles. The van der Waals surface area contributed by atoms with Crippen LogP contribution in [-0.2, 0) is 13.2 Å². The zero-order valence-corrected chi connectivity index (χ0v) is 23.4. The molecule has 1 aromatic heterocycles. The third-order valence-electron chi connectivity index (χ3n) is 6.10. The number of aryl methyl sites for hydroxylation is 1. The number of rotatable bonds is 9. The molecule has 41 heavy (non-hydrogen) atoms. The number of nitrogens with one attached hydrogen (secondary N) is 2. The van der Waals surface area contributed by atoms with Crippen LogP contribution in [-0.4, -0.2) is 32.8 Å². The number of allylic oxidation sites excluding steroid dienone is 1. The second-order valence-electron chi connectivity index (χ2n) is 9.35. The number of guanidine groups is 1. The normalized spacial score (nSPS) is 13.7. The molecule has 0 aliphatic rings. The van der Waals surface area contributed by atoms with Gasteiger partial charge in [-0.15, -0.1) is 0 Å². The van der Waals surface area contributed by atoms with Gasteiger partial charge in [-0.3, -0.25) is 14.8 Å². The van der Waals surface area contributed by atoms with Crippen LogP contribution in [0.2, 0.25) is 5.02 Å². The van der Waals surface area contributed by atoms with Crippen molar-refractivity contribution in [3.63, 3.8) is 0 Å². The highest BCUT2D eigenvalue weighted by molar-refractivity contribution is 6.33. The lowest BCUT2D eigenvalue weighted by Crippen LogP contribution is -2.38. The van der Waals surface area contributed by atoms with Crippen LogP contribution in [0, 0.1) is 5.82 Å². The monoisotopic (exact) mass is 591 g/mol. The van der Waals surface area contributed by atoms with Crippen molar-refractivity contribution in [2.75, 3.05) is 5.32 Å². The maximum atomic E-state index is 14.1. The summed E-state index contributed by atoms with van der Waals surface area (Å²) in [5, 5.41) is 18.6. The van der Waals surface area contributed by atoms with Crippen molar-refractivity contribution in [1.29, 1.82) is 0 Å². The van der Waals surface area contributed by atoms with Crippen LogP contribution < -0.4 is 10.6 Å². The standard InChI is InChI=1S/C29H30ClF4N5O2/c1-5-6-9-17(2)24(14-18(3)19-12-13-25(40)22(31)15-19)36-28(35-23-11-8-7-10-21(23)30)37-27(41)20-16-39(4)38-26(20)29(32,33)34/h6-13,15-16,18,24,40H,2,5,14H2,1,3-4H3,(H2,35,36,37,41). The van der Waals surface area contributed by atoms with E-state index in [2.05, 4.69) is 27.3 Å². The number of benzene rings is 2. The topological polar surface area (TPSA) is 91.5 Å². The summed E-state index contributed by atoms with van der Waals surface area (Å²) < 4.78 is 55.7. The molecular formula is C29H30ClF4N5O2. The third kappa shape index (κ3) is 8.43. The number of aliphatic imine (C=N–C) groups is 1. The molecule has 0 aliphatic carbocycles. The number of para-hydroxylation sites is 1. The minimum Gasteiger partial charge on any atom is -0.505 e. The number of phenolic OH excluding ortho intramolecular Hbond substituents is 1. The predicted octanol–water partition coefficient (Wildman–Crippen LogP) is 7.22. The first kappa shape index (κ1) is 31.4. The molecular weight excluding hydrogens is 562 g/mol. The first-order valence-corrected chi connectivity index (χ1v) is 13.0. The number of amides is 1. The minimum atomic E-state index is -4.86. The van der Waals surface area contributed by atoms with Gasteiger partial charge in [0.15, 0.2) is 17.3 Å². The molecule has 12 heteroatoms. The average Bonchev–Trinajstić information content (AvgIpc) is 3.32. The van der Waals surface area contributed by atoms with E-state index in [1.807, 2.05) is 19.9 Å². The Hall–Kier alpha value is -4.12. The molecule has 0 saturated heterocycles. The molecule has 3 aromatic rings. The number of nitrogens with zero attached hydrogens (tertiary/aromatic N) is 3. The van der Waals surface area contributed by atoms with Gasteiger partial charge in [0, 0.05) is 13.2 Å². The van der Waals surface area contributed by atoms with E-state index < -0.39 is 40.9 Å². The summed E-state index contributed by atoms with van der Waals surface area (Å²) in [4.78, 5) is 17.8. The van der Waals surface area contributed by atoms with Crippen molar-refractivity contribution in [1.82, 2.24) is 15.1 Å². The molecule has 2 atom stereocenters. The van der Waals surface area contributed by atoms with E-state index in [1.54, 1.807) is 36.4 Å². The van der Waals surface area contributed by atoms with Gasteiger partial charge < -0.3 is 10.4 Å². The van der Waals surface area contributed by atoms with Gasteiger partial charge >= 0.3 is 6.18 Å². The second kappa shape index (κ2) is 13.5. The summed E-state index contributed by atoms with van der Waals surface area (Å²) in [5.74, 6) is -2.82. The number of hydrogen-bond acceptors (Lipinski definition) is 4. The minimum absolute atomic E-state index is 0.180. The highest BCUT2D eigenvalue weighted by atomic mass is 35.5. The number of halogens is 5. The predicted molar refractivity (Wildman–Crippen MR) is 152 cm³/mol. The van der Waals surface area contributed by atoms with Crippen LogP contribution in [0.3, 0.4) is 0 Å². The van der Waals surface area contributed by atoms with Crippen molar-refractivity contribution in [2.24, 2.45) is 12.0 Å². The Morgan fingerprint density at radius 1 is 1.27 bits per heavy atom. The van der Waals surface area contributed by atoms with Crippen molar-refractivity contribution in [3.8, 4) is 5.75 Å². The highest BCUT2D eigenvalue weighted by Crippen LogP contribution is 2.31. The largest absolute Gasteiger partial charge is 0.505 e. The number of hydrogen-bond donors (Lipinski definition) is 3. The van der Waals surface area contributed by atoms with Crippen LogP contribution in [0.5, 0.6) is 5.75 Å². The van der Waals surface area contributed by atoms with Gasteiger partial charge in [0.25, 0.3) is 5.91 Å². The Balaban J connectivity index is 2.04. The Morgan fingerprint density at radius 2 is 1.98 bits per heavy atom. The SMILES string of the molecule is C=C(C=CCC)C(CC(C)c1ccc(O)c(F)c1)N=C(NC(=O)c1cn(C)nc1C(F)(F)F)Nc1ccccc1Cl. The molecule has 0 bridgehead atoms. The molecule has 1 amide bonds. The van der Waals surface area contributed by atoms with E-state index in [4.69, 9.17) is 11.6 Å². The molecule has 0 spiro atoms. The summed E-state index contributed by atoms with van der Waals surface area (Å²) in [5.41, 5.74) is -0.560. The Labute approximate surface area is 240 Å². The Morgan fingerprint density at radius 3 is 2.61 bits per heavy atom. The molecule has 1 heterocycles. The summed E-state index contributed by atoms with van der Waals surface area (Å²) >= 11 is 6.29. The first-order valence-electron chi connectivity index (χ1n) is 12.6. The number of aromatic hydroxyl groups is 1. The van der Waals surface area contributed by atoms with Crippen LogP contribution in [0.25, 0.3) is 0 Å². The lowest BCUT2D eigenvalue weighted by molar-refractivity contribution is -0.141. The first-order chi connectivity index (χ1) is 19.3. The van der Waals surface area contributed by atoms with E-state index >= 15 is 0 Å². The van der Waals surface area contributed by atoms with Crippen LogP contribution in [0.15, 0.2) is 78.0 Å². The number of alkyl halides is 3. The lowest BCUT2D eigenvalue weighted by atomic mass is 9.91. The van der Waals surface area contributed by atoms with Gasteiger partial charge in [-0.1, -0.05) is 62.4 Å². The number of carbonyl (C=O) groups is 1. The zero-order valence-electron chi connectivity index (χ0n) is 22.6. The van der Waals surface area contributed by atoms with Gasteiger partial charge in [-0.2, -0.15) is 18.3 Å². The van der Waals surface area contributed by atoms with Crippen LogP contribution >= 0.6 is 11.6 Å². The average molecular weight is 592 g/mol. The molecule has 0 saturated carbocycles. The number of anilines is 1. The molecule has 0 aliphatic heterocycles. The van der Waals surface area contributed by atoms with E-state index in [9.17, 15) is 27.5 Å². The number of phenols is 1. The third-order valence-corrected chi connectivity index (χ3v) is 6.43. The van der Waals surface area contributed by atoms with Gasteiger partial charge in [0.05, 0.1) is 22.3 Å². The quantitative estimate of drug-likeness (QED) is 0.106. The summed E-state index contributed by atoms with van der Waals surface area (Å²) in [6.45, 7) is 7.86. The summed E-state index contributed by atoms with van der Waals surface area (Å²) in [7, 11) is 1.27. The van der Waals surface area contributed by atoms with Crippen LogP contribution in [0.1, 0.15) is 54.2 Å². The molecule has 0 fully saturated rings. The number of aromatic nitrogens is 2. The smallest absolute Gasteiger partial charge is 0.435 e. The summed E-state index contributed by atoms with van der Waals surface area (Å²) in [6, 6.07) is 9.92. The van der Waals surface area contributed by atoms with Crippen molar-refractivity contribution < 1.29 is 27.5 Å². The van der Waals surface area contributed by atoms with E-state index in [0.717, 1.165) is 10.9 Å². The summed E-state index contributed by atoms with van der Waals surface area (Å²) in [6.07, 6.45) is 0.709. The maximum Gasteiger partial charge on any atom is 0.435 e. The second-order valence-corrected chi connectivity index (χ2v) is 9.76. The fraction of sp³-hybridized carbons (Fsp3) is 0.276. The molecule has 218 valence electrons. The van der Waals surface area contributed by atoms with Gasteiger partial charge in [0.1, 0.15) is 0 Å².